The van der Waals surface area contributed by atoms with Crippen molar-refractivity contribution < 1.29 is 4.52 Å². The van der Waals surface area contributed by atoms with Crippen LogP contribution in [0.5, 0.6) is 5.88 Å². The number of hydrogen-bond donors (Lipinski definition) is 1. The van der Waals surface area contributed by atoms with Crippen molar-refractivity contribution in [3.8, 4) is 5.88 Å². The Hall–Kier alpha value is -0.150. The van der Waals surface area contributed by atoms with Crippen LogP contribution in [0.3, 0.4) is 0 Å². The van der Waals surface area contributed by atoms with Crippen LogP contribution in [0.15, 0.2) is 18.2 Å². The van der Waals surface area contributed by atoms with Gasteiger partial charge < -0.3 is 4.52 Å². The minimum absolute atomic E-state index is 0.378. The SMILES string of the molecule is CCP(N)(=S)Oc1cccc(Cl)n1. The Labute approximate surface area is 87.4 Å². The van der Waals surface area contributed by atoms with Crippen molar-refractivity contribution in [1.82, 2.24) is 4.98 Å². The summed E-state index contributed by atoms with van der Waals surface area (Å²) < 4.78 is 5.34. The summed E-state index contributed by atoms with van der Waals surface area (Å²) in [5, 5.41) is 0.378. The Kier molecular flexibility index (Phi) is 3.68. The largest absolute Gasteiger partial charge is 0.436 e. The minimum atomic E-state index is -2.20. The molecule has 72 valence electrons. The van der Waals surface area contributed by atoms with Crippen molar-refractivity contribution in [2.45, 2.75) is 6.92 Å². The molecule has 13 heavy (non-hydrogen) atoms. The Morgan fingerprint density at radius 3 is 2.92 bits per heavy atom. The highest BCUT2D eigenvalue weighted by atomic mass is 35.5. The highest BCUT2D eigenvalue weighted by Crippen LogP contribution is 2.37. The van der Waals surface area contributed by atoms with E-state index in [1.807, 2.05) is 6.92 Å². The molecule has 2 N–H and O–H groups in total. The Bertz CT molecular complexity index is 347. The molecule has 0 bridgehead atoms. The number of hydrogen-bond acceptors (Lipinski definition) is 3. The summed E-state index contributed by atoms with van der Waals surface area (Å²) in [5.74, 6) is 0.403. The van der Waals surface area contributed by atoms with Crippen LogP contribution in [-0.4, -0.2) is 11.1 Å². The average Bonchev–Trinajstić information content (AvgIpc) is 2.03. The molecule has 1 heterocycles. The van der Waals surface area contributed by atoms with Gasteiger partial charge >= 0.3 is 0 Å². The second-order valence-corrected chi connectivity index (χ2v) is 6.94. The molecule has 1 atom stereocenters. The molecule has 0 aliphatic carbocycles. The second-order valence-electron chi connectivity index (χ2n) is 2.43. The van der Waals surface area contributed by atoms with E-state index in [0.717, 1.165) is 0 Å². The van der Waals surface area contributed by atoms with Crippen molar-refractivity contribution in [2.75, 3.05) is 6.16 Å². The van der Waals surface area contributed by atoms with Gasteiger partial charge in [0.15, 0.2) is 6.42 Å². The monoisotopic (exact) mass is 236 g/mol. The zero-order valence-electron chi connectivity index (χ0n) is 7.11. The molecule has 0 amide bonds. The maximum absolute atomic E-state index is 5.72. The third kappa shape index (κ3) is 3.61. The van der Waals surface area contributed by atoms with Crippen LogP contribution in [0.25, 0.3) is 0 Å². The normalized spacial score (nSPS) is 15.0. The third-order valence-electron chi connectivity index (χ3n) is 1.38. The smallest absolute Gasteiger partial charge is 0.219 e. The molecule has 1 aromatic rings. The molecule has 0 spiro atoms. The molecule has 1 rings (SSSR count). The summed E-state index contributed by atoms with van der Waals surface area (Å²) in [5.41, 5.74) is 5.72. The fourth-order valence-corrected chi connectivity index (χ4v) is 1.60. The Morgan fingerprint density at radius 2 is 2.38 bits per heavy atom. The van der Waals surface area contributed by atoms with E-state index in [2.05, 4.69) is 4.98 Å². The lowest BCUT2D eigenvalue weighted by Crippen LogP contribution is -2.05. The second kappa shape index (κ2) is 4.38. The molecule has 6 heteroatoms. The van der Waals surface area contributed by atoms with E-state index < -0.39 is 6.42 Å². The van der Waals surface area contributed by atoms with Crippen LogP contribution < -0.4 is 10.0 Å². The summed E-state index contributed by atoms with van der Waals surface area (Å²) >= 11 is 10.7. The lowest BCUT2D eigenvalue weighted by atomic mass is 10.5. The van der Waals surface area contributed by atoms with Gasteiger partial charge in [0, 0.05) is 12.2 Å². The summed E-state index contributed by atoms with van der Waals surface area (Å²) in [6, 6.07) is 5.10. The lowest BCUT2D eigenvalue weighted by molar-refractivity contribution is 0.585. The number of rotatable bonds is 3. The molecule has 0 aromatic carbocycles. The van der Waals surface area contributed by atoms with Gasteiger partial charge in [-0.2, -0.15) is 0 Å². The first-order valence-electron chi connectivity index (χ1n) is 3.73. The van der Waals surface area contributed by atoms with Crippen molar-refractivity contribution in [1.29, 1.82) is 0 Å². The van der Waals surface area contributed by atoms with Crippen LogP contribution in [-0.2, 0) is 11.8 Å². The predicted octanol–water partition coefficient (Wildman–Crippen LogP) is 2.40. The van der Waals surface area contributed by atoms with Crippen LogP contribution in [0, 0.1) is 0 Å². The first-order chi connectivity index (χ1) is 6.03. The average molecular weight is 237 g/mol. The van der Waals surface area contributed by atoms with E-state index in [0.29, 0.717) is 17.2 Å². The lowest BCUT2D eigenvalue weighted by Gasteiger charge is -2.15. The molecule has 0 fully saturated rings. The van der Waals surface area contributed by atoms with Gasteiger partial charge in [0.25, 0.3) is 0 Å². The maximum Gasteiger partial charge on any atom is 0.219 e. The molecule has 3 nitrogen and oxygen atoms in total. The predicted molar refractivity (Wildman–Crippen MR) is 58.9 cm³/mol. The van der Waals surface area contributed by atoms with E-state index in [1.165, 1.54) is 0 Å². The molecule has 0 saturated heterocycles. The molecule has 0 radical (unpaired) electrons. The topological polar surface area (TPSA) is 48.1 Å². The fourth-order valence-electron chi connectivity index (χ4n) is 0.663. The summed E-state index contributed by atoms with van der Waals surface area (Å²) in [6.07, 6.45) is -1.57. The van der Waals surface area contributed by atoms with Crippen molar-refractivity contribution in [3.63, 3.8) is 0 Å². The first kappa shape index (κ1) is 10.9. The molecule has 1 unspecified atom stereocenters. The van der Waals surface area contributed by atoms with Gasteiger partial charge in [-0.1, -0.05) is 24.6 Å². The number of pyridine rings is 1. The number of nitrogens with two attached hydrogens (primary N) is 1. The minimum Gasteiger partial charge on any atom is -0.436 e. The summed E-state index contributed by atoms with van der Waals surface area (Å²) in [6.45, 7) is 1.89. The number of halogens is 1. The third-order valence-corrected chi connectivity index (χ3v) is 3.96. The molecular weight excluding hydrogens is 227 g/mol. The van der Waals surface area contributed by atoms with E-state index in [4.69, 9.17) is 33.4 Å². The zero-order chi connectivity index (χ0) is 9.90. The van der Waals surface area contributed by atoms with Gasteiger partial charge in [-0.25, -0.2) is 4.98 Å². The highest BCUT2D eigenvalue weighted by Gasteiger charge is 2.10. The molecule has 1 aromatic heterocycles. The Morgan fingerprint density at radius 1 is 1.69 bits per heavy atom. The van der Waals surface area contributed by atoms with Gasteiger partial charge in [-0.15, -0.1) is 0 Å². The van der Waals surface area contributed by atoms with Crippen molar-refractivity contribution in [2.24, 2.45) is 5.50 Å². The van der Waals surface area contributed by atoms with Gasteiger partial charge in [0.05, 0.1) is 0 Å². The zero-order valence-corrected chi connectivity index (χ0v) is 9.57. The van der Waals surface area contributed by atoms with Gasteiger partial charge in [0.1, 0.15) is 5.15 Å². The Balaban J connectivity index is 2.81. The molecular formula is C7H10ClN2OPS. The van der Waals surface area contributed by atoms with E-state index in [1.54, 1.807) is 18.2 Å². The standard InChI is InChI=1S/C7H10ClN2OPS/c1-2-12(9,13)11-7-5-3-4-6(8)10-7/h3-5H,2H2,1H3,(H2,9,13). The van der Waals surface area contributed by atoms with Crippen LogP contribution in [0.4, 0.5) is 0 Å². The van der Waals surface area contributed by atoms with Gasteiger partial charge in [-0.3, -0.25) is 5.50 Å². The van der Waals surface area contributed by atoms with Crippen molar-refractivity contribution >= 4 is 29.8 Å². The van der Waals surface area contributed by atoms with E-state index >= 15 is 0 Å². The fraction of sp³-hybridized carbons (Fsp3) is 0.286. The van der Waals surface area contributed by atoms with Crippen LogP contribution in [0.1, 0.15) is 6.92 Å². The van der Waals surface area contributed by atoms with Crippen LogP contribution in [0.2, 0.25) is 5.15 Å². The molecule has 0 aliphatic heterocycles. The highest BCUT2D eigenvalue weighted by molar-refractivity contribution is 8.11. The quantitative estimate of drug-likeness (QED) is 0.647. The number of aromatic nitrogens is 1. The maximum atomic E-state index is 5.72. The molecule has 0 aliphatic rings. The van der Waals surface area contributed by atoms with Crippen LogP contribution >= 0.6 is 18.0 Å². The van der Waals surface area contributed by atoms with Crippen molar-refractivity contribution in [3.05, 3.63) is 23.4 Å². The number of nitrogens with zero attached hydrogens (tertiary/aromatic N) is 1. The van der Waals surface area contributed by atoms with Gasteiger partial charge in [0.2, 0.25) is 5.88 Å². The first-order valence-corrected chi connectivity index (χ1v) is 7.08. The molecule has 0 saturated carbocycles. The summed E-state index contributed by atoms with van der Waals surface area (Å²) in [4.78, 5) is 3.93. The van der Waals surface area contributed by atoms with E-state index in [9.17, 15) is 0 Å². The van der Waals surface area contributed by atoms with Gasteiger partial charge in [-0.05, 0) is 17.9 Å². The summed E-state index contributed by atoms with van der Waals surface area (Å²) in [7, 11) is 0. The van der Waals surface area contributed by atoms with E-state index in [-0.39, 0.29) is 0 Å².